The second kappa shape index (κ2) is 5.50. The van der Waals surface area contributed by atoms with Crippen molar-refractivity contribution in [2.45, 2.75) is 32.2 Å². The van der Waals surface area contributed by atoms with Crippen LogP contribution < -0.4 is 5.73 Å². The highest BCUT2D eigenvalue weighted by Gasteiger charge is 2.33. The summed E-state index contributed by atoms with van der Waals surface area (Å²) in [5, 5.41) is 9.18. The van der Waals surface area contributed by atoms with Gasteiger partial charge in [-0.1, -0.05) is 0 Å². The van der Waals surface area contributed by atoms with Crippen molar-refractivity contribution in [2.24, 2.45) is 11.7 Å². The van der Waals surface area contributed by atoms with Gasteiger partial charge in [0.1, 0.15) is 0 Å². The molecule has 0 aromatic rings. The summed E-state index contributed by atoms with van der Waals surface area (Å²) in [7, 11) is 0. The molecule has 1 aliphatic heterocycles. The van der Waals surface area contributed by atoms with Crippen LogP contribution in [0.3, 0.4) is 0 Å². The number of likely N-dealkylation sites (tertiary alicyclic amines) is 1. The van der Waals surface area contributed by atoms with Gasteiger partial charge in [-0.3, -0.25) is 0 Å². The molecule has 5 heteroatoms. The van der Waals surface area contributed by atoms with Gasteiger partial charge in [-0.2, -0.15) is 0 Å². The quantitative estimate of drug-likeness (QED) is 0.743. The minimum Gasteiger partial charge on any atom is -0.450 e. The zero-order valence-corrected chi connectivity index (χ0v) is 10.1. The average molecular weight is 230 g/mol. The number of hydrogen-bond acceptors (Lipinski definition) is 4. The average Bonchev–Trinajstić information content (AvgIpc) is 2.29. The molecule has 0 aromatic heterocycles. The maximum atomic E-state index is 11.4. The summed E-state index contributed by atoms with van der Waals surface area (Å²) < 4.78 is 4.93. The van der Waals surface area contributed by atoms with Crippen LogP contribution >= 0.6 is 0 Å². The first-order valence-corrected chi connectivity index (χ1v) is 5.82. The molecule has 1 fully saturated rings. The molecule has 1 aliphatic rings. The molecule has 16 heavy (non-hydrogen) atoms. The first-order valence-electron chi connectivity index (χ1n) is 5.82. The third kappa shape index (κ3) is 3.09. The molecular formula is C11H22N2O3. The summed E-state index contributed by atoms with van der Waals surface area (Å²) in [6.07, 6.45) is 1.40. The number of nitrogens with zero attached hydrogens (tertiary/aromatic N) is 1. The summed E-state index contributed by atoms with van der Waals surface area (Å²) in [6, 6.07) is 0. The predicted molar refractivity (Wildman–Crippen MR) is 61.0 cm³/mol. The molecule has 0 radical (unpaired) electrons. The molecule has 1 unspecified atom stereocenters. The van der Waals surface area contributed by atoms with Gasteiger partial charge in [-0.25, -0.2) is 4.79 Å². The molecule has 0 bridgehead atoms. The van der Waals surface area contributed by atoms with Gasteiger partial charge < -0.3 is 20.5 Å². The van der Waals surface area contributed by atoms with E-state index in [4.69, 9.17) is 10.5 Å². The molecule has 5 nitrogen and oxygen atoms in total. The SMILES string of the molecule is CCOC(=O)N1CCC(C(C)(N)CO)CC1. The fraction of sp³-hybridized carbons (Fsp3) is 0.909. The van der Waals surface area contributed by atoms with Crippen LogP contribution in [-0.4, -0.2) is 47.9 Å². The number of carbonyl (C=O) groups is 1. The number of carbonyl (C=O) groups excluding carboxylic acids is 1. The van der Waals surface area contributed by atoms with Gasteiger partial charge >= 0.3 is 6.09 Å². The fourth-order valence-electron chi connectivity index (χ4n) is 2.07. The Hall–Kier alpha value is -0.810. The topological polar surface area (TPSA) is 75.8 Å². The molecule has 1 rings (SSSR count). The van der Waals surface area contributed by atoms with Gasteiger partial charge in [0.05, 0.1) is 13.2 Å². The summed E-state index contributed by atoms with van der Waals surface area (Å²) in [6.45, 7) is 5.37. The lowest BCUT2D eigenvalue weighted by Gasteiger charge is -2.39. The Kier molecular flexibility index (Phi) is 4.56. The Labute approximate surface area is 96.6 Å². The second-order valence-electron chi connectivity index (χ2n) is 4.62. The van der Waals surface area contributed by atoms with Crippen molar-refractivity contribution in [1.82, 2.24) is 4.90 Å². The maximum absolute atomic E-state index is 11.4. The van der Waals surface area contributed by atoms with E-state index in [1.165, 1.54) is 0 Å². The summed E-state index contributed by atoms with van der Waals surface area (Å²) in [4.78, 5) is 13.1. The number of amides is 1. The van der Waals surface area contributed by atoms with Gasteiger partial charge in [-0.15, -0.1) is 0 Å². The van der Waals surface area contributed by atoms with E-state index in [2.05, 4.69) is 0 Å². The zero-order valence-electron chi connectivity index (χ0n) is 10.1. The maximum Gasteiger partial charge on any atom is 0.409 e. The first-order chi connectivity index (χ1) is 7.51. The van der Waals surface area contributed by atoms with Gasteiger partial charge in [0, 0.05) is 18.6 Å². The third-order valence-corrected chi connectivity index (χ3v) is 3.29. The number of ether oxygens (including phenoxy) is 1. The Balaban J connectivity index is 2.42. The molecule has 94 valence electrons. The van der Waals surface area contributed by atoms with Crippen molar-refractivity contribution in [3.63, 3.8) is 0 Å². The summed E-state index contributed by atoms with van der Waals surface area (Å²) >= 11 is 0. The lowest BCUT2D eigenvalue weighted by Crippen LogP contribution is -2.52. The van der Waals surface area contributed by atoms with Crippen molar-refractivity contribution in [2.75, 3.05) is 26.3 Å². The van der Waals surface area contributed by atoms with Crippen LogP contribution in [0.15, 0.2) is 0 Å². The Bertz CT molecular complexity index is 235. The van der Waals surface area contributed by atoms with Crippen molar-refractivity contribution in [3.8, 4) is 0 Å². The largest absolute Gasteiger partial charge is 0.450 e. The lowest BCUT2D eigenvalue weighted by molar-refractivity contribution is 0.0690. The third-order valence-electron chi connectivity index (χ3n) is 3.29. The molecule has 1 heterocycles. The normalized spacial score (nSPS) is 21.6. The van der Waals surface area contributed by atoms with Crippen molar-refractivity contribution in [1.29, 1.82) is 0 Å². The number of nitrogens with two attached hydrogens (primary N) is 1. The molecule has 0 spiro atoms. The first kappa shape index (κ1) is 13.3. The van der Waals surface area contributed by atoms with Crippen molar-refractivity contribution >= 4 is 6.09 Å². The molecule has 1 atom stereocenters. The Morgan fingerprint density at radius 1 is 1.56 bits per heavy atom. The lowest BCUT2D eigenvalue weighted by atomic mass is 9.80. The van der Waals surface area contributed by atoms with Gasteiger partial charge in [0.15, 0.2) is 0 Å². The number of aliphatic hydroxyl groups is 1. The zero-order chi connectivity index (χ0) is 12.2. The molecule has 1 saturated heterocycles. The molecule has 0 aromatic carbocycles. The molecule has 3 N–H and O–H groups in total. The molecule has 0 saturated carbocycles. The van der Waals surface area contributed by atoms with Gasteiger partial charge in [0.25, 0.3) is 0 Å². The predicted octanol–water partition coefficient (Wildman–Crippen LogP) is 0.565. The van der Waals surface area contributed by atoms with E-state index < -0.39 is 5.54 Å². The molecule has 0 aliphatic carbocycles. The number of aliphatic hydroxyl groups excluding tert-OH is 1. The van der Waals surface area contributed by atoms with E-state index in [0.717, 1.165) is 12.8 Å². The molecule has 1 amide bonds. The monoisotopic (exact) mass is 230 g/mol. The number of piperidine rings is 1. The van der Waals surface area contributed by atoms with E-state index >= 15 is 0 Å². The van der Waals surface area contributed by atoms with E-state index in [9.17, 15) is 9.90 Å². The fourth-order valence-corrected chi connectivity index (χ4v) is 2.07. The van der Waals surface area contributed by atoms with E-state index in [0.29, 0.717) is 19.7 Å². The van der Waals surface area contributed by atoms with Crippen LogP contribution in [0.1, 0.15) is 26.7 Å². The van der Waals surface area contributed by atoms with Crippen molar-refractivity contribution < 1.29 is 14.6 Å². The number of hydrogen-bond donors (Lipinski definition) is 2. The van der Waals surface area contributed by atoms with E-state index in [1.54, 1.807) is 11.8 Å². The van der Waals surface area contributed by atoms with Crippen LogP contribution in [0.5, 0.6) is 0 Å². The second-order valence-corrected chi connectivity index (χ2v) is 4.62. The Morgan fingerprint density at radius 3 is 2.56 bits per heavy atom. The Morgan fingerprint density at radius 2 is 2.12 bits per heavy atom. The minimum atomic E-state index is -0.541. The smallest absolute Gasteiger partial charge is 0.409 e. The van der Waals surface area contributed by atoms with Crippen LogP contribution in [0.4, 0.5) is 4.79 Å². The highest BCUT2D eigenvalue weighted by molar-refractivity contribution is 5.67. The standard InChI is InChI=1S/C11H22N2O3/c1-3-16-10(15)13-6-4-9(5-7-13)11(2,12)8-14/h9,14H,3-8,12H2,1-2H3. The van der Waals surface area contributed by atoms with E-state index in [1.807, 2.05) is 6.92 Å². The van der Waals surface area contributed by atoms with E-state index in [-0.39, 0.29) is 18.6 Å². The van der Waals surface area contributed by atoms with Crippen LogP contribution in [-0.2, 0) is 4.74 Å². The summed E-state index contributed by atoms with van der Waals surface area (Å²) in [5.74, 6) is 0.267. The summed E-state index contributed by atoms with van der Waals surface area (Å²) in [5.41, 5.74) is 5.45. The van der Waals surface area contributed by atoms with Gasteiger partial charge in [-0.05, 0) is 32.6 Å². The van der Waals surface area contributed by atoms with Crippen LogP contribution in [0, 0.1) is 5.92 Å². The van der Waals surface area contributed by atoms with Gasteiger partial charge in [0.2, 0.25) is 0 Å². The molecular weight excluding hydrogens is 208 g/mol. The highest BCUT2D eigenvalue weighted by Crippen LogP contribution is 2.26. The van der Waals surface area contributed by atoms with Crippen LogP contribution in [0.25, 0.3) is 0 Å². The minimum absolute atomic E-state index is 0.0168. The van der Waals surface area contributed by atoms with Crippen LogP contribution in [0.2, 0.25) is 0 Å². The van der Waals surface area contributed by atoms with Crippen molar-refractivity contribution in [3.05, 3.63) is 0 Å². The number of rotatable bonds is 3. The highest BCUT2D eigenvalue weighted by atomic mass is 16.6.